The SMILES string of the molecule is Cn1cccc(C(=O)Nc2ccc3c(c2)CCC(=O)N3)c1=O. The van der Waals surface area contributed by atoms with Gasteiger partial charge in [0.05, 0.1) is 0 Å². The minimum absolute atomic E-state index is 0.00271. The van der Waals surface area contributed by atoms with Crippen LogP contribution in [-0.2, 0) is 18.3 Å². The third-order valence-corrected chi connectivity index (χ3v) is 3.63. The zero-order valence-electron chi connectivity index (χ0n) is 12.1. The van der Waals surface area contributed by atoms with Crippen LogP contribution in [0, 0.1) is 0 Å². The van der Waals surface area contributed by atoms with Crippen molar-refractivity contribution in [2.45, 2.75) is 12.8 Å². The Morgan fingerprint density at radius 1 is 1.23 bits per heavy atom. The molecule has 0 radical (unpaired) electrons. The first-order valence-corrected chi connectivity index (χ1v) is 6.94. The van der Waals surface area contributed by atoms with Crippen LogP contribution >= 0.6 is 0 Å². The van der Waals surface area contributed by atoms with Crippen LogP contribution < -0.4 is 16.2 Å². The molecule has 1 aliphatic heterocycles. The lowest BCUT2D eigenvalue weighted by molar-refractivity contribution is -0.116. The van der Waals surface area contributed by atoms with Crippen LogP contribution in [0.5, 0.6) is 0 Å². The predicted octanol–water partition coefficient (Wildman–Crippen LogP) is 1.52. The summed E-state index contributed by atoms with van der Waals surface area (Å²) in [5.74, 6) is -0.446. The van der Waals surface area contributed by atoms with Gasteiger partial charge in [-0.05, 0) is 42.3 Å². The van der Waals surface area contributed by atoms with Crippen LogP contribution in [0.1, 0.15) is 22.3 Å². The van der Waals surface area contributed by atoms with Gasteiger partial charge in [-0.2, -0.15) is 0 Å². The van der Waals surface area contributed by atoms with Crippen LogP contribution in [0.25, 0.3) is 0 Å². The van der Waals surface area contributed by atoms with E-state index >= 15 is 0 Å². The molecule has 1 aliphatic rings. The lowest BCUT2D eigenvalue weighted by atomic mass is 10.0. The molecule has 22 heavy (non-hydrogen) atoms. The van der Waals surface area contributed by atoms with Gasteiger partial charge in [0.25, 0.3) is 11.5 Å². The van der Waals surface area contributed by atoms with E-state index in [1.807, 2.05) is 6.07 Å². The molecule has 2 aromatic rings. The molecule has 0 atom stereocenters. The quantitative estimate of drug-likeness (QED) is 0.882. The number of fused-ring (bicyclic) bond motifs is 1. The molecule has 0 spiro atoms. The van der Waals surface area contributed by atoms with Gasteiger partial charge in [0.15, 0.2) is 0 Å². The molecule has 2 heterocycles. The highest BCUT2D eigenvalue weighted by atomic mass is 16.2. The highest BCUT2D eigenvalue weighted by Gasteiger charge is 2.16. The molecule has 0 bridgehead atoms. The Morgan fingerprint density at radius 2 is 2.05 bits per heavy atom. The topological polar surface area (TPSA) is 80.2 Å². The number of carbonyl (C=O) groups is 2. The Balaban J connectivity index is 1.84. The van der Waals surface area contributed by atoms with E-state index in [2.05, 4.69) is 10.6 Å². The molecule has 2 N–H and O–H groups in total. The number of aromatic nitrogens is 1. The van der Waals surface area contributed by atoms with Gasteiger partial charge >= 0.3 is 0 Å². The zero-order valence-corrected chi connectivity index (χ0v) is 12.1. The van der Waals surface area contributed by atoms with Gasteiger partial charge in [0.2, 0.25) is 5.91 Å². The molecule has 3 rings (SSSR count). The number of hydrogen-bond acceptors (Lipinski definition) is 3. The fraction of sp³-hybridized carbons (Fsp3) is 0.188. The lowest BCUT2D eigenvalue weighted by Gasteiger charge is -2.17. The van der Waals surface area contributed by atoms with Crippen LogP contribution in [0.3, 0.4) is 0 Å². The maximum atomic E-state index is 12.2. The summed E-state index contributed by atoms with van der Waals surface area (Å²) in [6.45, 7) is 0. The third kappa shape index (κ3) is 2.63. The lowest BCUT2D eigenvalue weighted by Crippen LogP contribution is -2.27. The average molecular weight is 297 g/mol. The third-order valence-electron chi connectivity index (χ3n) is 3.63. The van der Waals surface area contributed by atoms with Gasteiger partial charge in [0, 0.05) is 31.0 Å². The summed E-state index contributed by atoms with van der Waals surface area (Å²) in [5, 5.41) is 5.51. The van der Waals surface area contributed by atoms with E-state index in [4.69, 9.17) is 0 Å². The van der Waals surface area contributed by atoms with Crippen molar-refractivity contribution in [3.05, 3.63) is 58.0 Å². The molecular formula is C16H15N3O3. The molecule has 0 saturated heterocycles. The van der Waals surface area contributed by atoms with E-state index in [1.54, 1.807) is 31.4 Å². The van der Waals surface area contributed by atoms with Crippen molar-refractivity contribution in [1.29, 1.82) is 0 Å². The molecule has 112 valence electrons. The molecule has 2 amide bonds. The second-order valence-corrected chi connectivity index (χ2v) is 5.21. The maximum absolute atomic E-state index is 12.2. The van der Waals surface area contributed by atoms with Gasteiger partial charge in [-0.3, -0.25) is 14.4 Å². The molecule has 0 aliphatic carbocycles. The van der Waals surface area contributed by atoms with E-state index in [9.17, 15) is 14.4 Å². The Bertz CT molecular complexity index is 824. The minimum Gasteiger partial charge on any atom is -0.326 e. The summed E-state index contributed by atoms with van der Waals surface area (Å²) in [5.41, 5.74) is 2.09. The predicted molar refractivity (Wildman–Crippen MR) is 83.0 cm³/mol. The Kier molecular flexibility index (Phi) is 3.50. The Labute approximate surface area is 126 Å². The number of rotatable bonds is 2. The Morgan fingerprint density at radius 3 is 2.86 bits per heavy atom. The first kappa shape index (κ1) is 14.1. The van der Waals surface area contributed by atoms with Gasteiger partial charge in [-0.25, -0.2) is 0 Å². The fourth-order valence-electron chi connectivity index (χ4n) is 2.43. The standard InChI is InChI=1S/C16H15N3O3/c1-19-8-2-3-12(16(19)22)15(21)17-11-5-6-13-10(9-11)4-7-14(20)18-13/h2-3,5-6,8-9H,4,7H2,1H3,(H,17,21)(H,18,20). The van der Waals surface area contributed by atoms with Gasteiger partial charge in [0.1, 0.15) is 5.56 Å². The van der Waals surface area contributed by atoms with Crippen molar-refractivity contribution < 1.29 is 9.59 Å². The highest BCUT2D eigenvalue weighted by Crippen LogP contribution is 2.25. The average Bonchev–Trinajstić information content (AvgIpc) is 2.50. The second kappa shape index (κ2) is 5.48. The Hall–Kier alpha value is -2.89. The van der Waals surface area contributed by atoms with E-state index in [0.29, 0.717) is 18.5 Å². The molecule has 1 aromatic carbocycles. The van der Waals surface area contributed by atoms with Crippen molar-refractivity contribution in [3.63, 3.8) is 0 Å². The normalized spacial score (nSPS) is 13.2. The molecule has 0 saturated carbocycles. The maximum Gasteiger partial charge on any atom is 0.263 e. The molecule has 0 fully saturated rings. The van der Waals surface area contributed by atoms with Gasteiger partial charge < -0.3 is 15.2 Å². The van der Waals surface area contributed by atoms with Crippen molar-refractivity contribution in [1.82, 2.24) is 4.57 Å². The number of pyridine rings is 1. The molecule has 1 aromatic heterocycles. The number of aryl methyl sites for hydroxylation is 2. The minimum atomic E-state index is -0.444. The molecule has 0 unspecified atom stereocenters. The first-order chi connectivity index (χ1) is 10.5. The van der Waals surface area contributed by atoms with E-state index in [1.165, 1.54) is 10.6 Å². The summed E-state index contributed by atoms with van der Waals surface area (Å²) in [6, 6.07) is 8.43. The van der Waals surface area contributed by atoms with Crippen LogP contribution in [0.15, 0.2) is 41.3 Å². The highest BCUT2D eigenvalue weighted by molar-refractivity contribution is 6.04. The number of hydrogen-bond donors (Lipinski definition) is 2. The molecule has 6 nitrogen and oxygen atoms in total. The van der Waals surface area contributed by atoms with E-state index < -0.39 is 5.91 Å². The molecule has 6 heteroatoms. The number of amides is 2. The van der Waals surface area contributed by atoms with Crippen LogP contribution in [0.2, 0.25) is 0 Å². The van der Waals surface area contributed by atoms with Crippen LogP contribution in [-0.4, -0.2) is 16.4 Å². The van der Waals surface area contributed by atoms with Crippen molar-refractivity contribution >= 4 is 23.2 Å². The second-order valence-electron chi connectivity index (χ2n) is 5.21. The summed E-state index contributed by atoms with van der Waals surface area (Å²) in [4.78, 5) is 35.5. The monoisotopic (exact) mass is 297 g/mol. The van der Waals surface area contributed by atoms with Crippen molar-refractivity contribution in [3.8, 4) is 0 Å². The van der Waals surface area contributed by atoms with E-state index in [-0.39, 0.29) is 17.0 Å². The fourth-order valence-corrected chi connectivity index (χ4v) is 2.43. The summed E-state index contributed by atoms with van der Waals surface area (Å²) < 4.78 is 1.36. The number of nitrogens with one attached hydrogen (secondary N) is 2. The van der Waals surface area contributed by atoms with Crippen molar-refractivity contribution in [2.24, 2.45) is 7.05 Å². The number of carbonyl (C=O) groups excluding carboxylic acids is 2. The summed E-state index contributed by atoms with van der Waals surface area (Å²) in [7, 11) is 1.60. The van der Waals surface area contributed by atoms with Gasteiger partial charge in [-0.1, -0.05) is 0 Å². The first-order valence-electron chi connectivity index (χ1n) is 6.94. The number of nitrogens with zero attached hydrogens (tertiary/aromatic N) is 1. The number of anilines is 2. The van der Waals surface area contributed by atoms with Gasteiger partial charge in [-0.15, -0.1) is 0 Å². The largest absolute Gasteiger partial charge is 0.326 e. The smallest absolute Gasteiger partial charge is 0.263 e. The van der Waals surface area contributed by atoms with Crippen molar-refractivity contribution in [2.75, 3.05) is 10.6 Å². The summed E-state index contributed by atoms with van der Waals surface area (Å²) >= 11 is 0. The summed E-state index contributed by atoms with van der Waals surface area (Å²) in [6.07, 6.45) is 2.67. The zero-order chi connectivity index (χ0) is 15.7. The van der Waals surface area contributed by atoms with E-state index in [0.717, 1.165) is 11.3 Å². The number of benzene rings is 1. The van der Waals surface area contributed by atoms with Crippen LogP contribution in [0.4, 0.5) is 11.4 Å². The molecular weight excluding hydrogens is 282 g/mol.